The van der Waals surface area contributed by atoms with Crippen molar-refractivity contribution in [2.24, 2.45) is 0 Å². The summed E-state index contributed by atoms with van der Waals surface area (Å²) in [6, 6.07) is 11.9. The molecule has 2 nitrogen and oxygen atoms in total. The van der Waals surface area contributed by atoms with Crippen LogP contribution in [-0.4, -0.2) is 4.98 Å². The molecule has 19 heavy (non-hydrogen) atoms. The zero-order valence-electron chi connectivity index (χ0n) is 10.8. The molecule has 2 aromatic rings. The summed E-state index contributed by atoms with van der Waals surface area (Å²) in [4.78, 5) is 4.45. The number of benzene rings is 1. The van der Waals surface area contributed by atoms with Crippen molar-refractivity contribution in [3.63, 3.8) is 0 Å². The Hall–Kier alpha value is -1.50. The molecule has 0 amide bonds. The Morgan fingerprint density at radius 2 is 2.05 bits per heavy atom. The lowest BCUT2D eigenvalue weighted by Gasteiger charge is -2.08. The third kappa shape index (κ3) is 3.28. The molecule has 0 bridgehead atoms. The van der Waals surface area contributed by atoms with Gasteiger partial charge in [-0.1, -0.05) is 29.8 Å². The maximum Gasteiger partial charge on any atom is 0.115 e. The van der Waals surface area contributed by atoms with E-state index < -0.39 is 0 Å². The summed E-state index contributed by atoms with van der Waals surface area (Å²) in [5.74, 6) is 0.713. The number of aryl methyl sites for hydroxylation is 2. The van der Waals surface area contributed by atoms with Crippen molar-refractivity contribution in [2.45, 2.75) is 24.6 Å². The van der Waals surface area contributed by atoms with Gasteiger partial charge in [0, 0.05) is 16.5 Å². The summed E-state index contributed by atoms with van der Waals surface area (Å²) in [6.45, 7) is 3.88. The van der Waals surface area contributed by atoms with Crippen molar-refractivity contribution in [1.29, 1.82) is 5.26 Å². The molecular weight excluding hydrogens is 276 g/mol. The van der Waals surface area contributed by atoms with Gasteiger partial charge in [0.15, 0.2) is 0 Å². The van der Waals surface area contributed by atoms with Crippen molar-refractivity contribution >= 4 is 23.4 Å². The number of rotatable bonds is 3. The van der Waals surface area contributed by atoms with E-state index in [0.29, 0.717) is 11.3 Å². The Bertz CT molecular complexity index is 647. The molecule has 1 heterocycles. The van der Waals surface area contributed by atoms with E-state index in [0.717, 1.165) is 26.9 Å². The summed E-state index contributed by atoms with van der Waals surface area (Å²) < 4.78 is 0. The van der Waals surface area contributed by atoms with E-state index in [2.05, 4.69) is 11.1 Å². The van der Waals surface area contributed by atoms with Crippen LogP contribution in [-0.2, 0) is 5.75 Å². The van der Waals surface area contributed by atoms with Gasteiger partial charge in [0.2, 0.25) is 0 Å². The van der Waals surface area contributed by atoms with Gasteiger partial charge in [-0.3, -0.25) is 0 Å². The van der Waals surface area contributed by atoms with Crippen LogP contribution in [0.5, 0.6) is 0 Å². The van der Waals surface area contributed by atoms with E-state index in [1.807, 2.05) is 44.2 Å². The Morgan fingerprint density at radius 1 is 1.32 bits per heavy atom. The lowest BCUT2D eigenvalue weighted by molar-refractivity contribution is 1.03. The molecular formula is C15H13ClN2S. The van der Waals surface area contributed by atoms with Gasteiger partial charge in [-0.15, -0.1) is 11.8 Å². The number of hydrogen-bond donors (Lipinski definition) is 0. The van der Waals surface area contributed by atoms with Gasteiger partial charge in [0.1, 0.15) is 11.1 Å². The minimum Gasteiger partial charge on any atom is -0.245 e. The minimum absolute atomic E-state index is 0.655. The molecule has 0 radical (unpaired) electrons. The van der Waals surface area contributed by atoms with Crippen molar-refractivity contribution in [3.05, 3.63) is 57.7 Å². The fraction of sp³-hybridized carbons (Fsp3) is 0.200. The maximum absolute atomic E-state index is 9.21. The Balaban J connectivity index is 2.25. The highest BCUT2D eigenvalue weighted by atomic mass is 35.5. The molecule has 0 N–H and O–H groups in total. The number of nitriles is 1. The fourth-order valence-electron chi connectivity index (χ4n) is 1.80. The molecule has 0 saturated heterocycles. The predicted molar refractivity (Wildman–Crippen MR) is 79.4 cm³/mol. The van der Waals surface area contributed by atoms with Gasteiger partial charge in [-0.05, 0) is 37.1 Å². The fourth-order valence-corrected chi connectivity index (χ4v) is 3.19. The average molecular weight is 289 g/mol. The molecule has 0 aliphatic heterocycles. The zero-order valence-corrected chi connectivity index (χ0v) is 12.3. The van der Waals surface area contributed by atoms with Crippen LogP contribution in [0.2, 0.25) is 5.02 Å². The molecule has 0 spiro atoms. The van der Waals surface area contributed by atoms with Gasteiger partial charge < -0.3 is 0 Å². The van der Waals surface area contributed by atoms with Crippen molar-refractivity contribution < 1.29 is 0 Å². The normalized spacial score (nSPS) is 10.2. The SMILES string of the molecule is Cc1cc(C)c(C#N)c(SCc2ccccc2Cl)n1. The van der Waals surface area contributed by atoms with Crippen LogP contribution in [0.4, 0.5) is 0 Å². The zero-order chi connectivity index (χ0) is 13.8. The number of pyridine rings is 1. The smallest absolute Gasteiger partial charge is 0.115 e. The second-order valence-electron chi connectivity index (χ2n) is 4.25. The molecule has 0 aliphatic carbocycles. The van der Waals surface area contributed by atoms with Crippen LogP contribution in [0, 0.1) is 25.2 Å². The van der Waals surface area contributed by atoms with Gasteiger partial charge in [0.25, 0.3) is 0 Å². The monoisotopic (exact) mass is 288 g/mol. The van der Waals surface area contributed by atoms with Gasteiger partial charge in [-0.2, -0.15) is 5.26 Å². The summed E-state index contributed by atoms with van der Waals surface area (Å²) in [5.41, 5.74) is 3.61. The van der Waals surface area contributed by atoms with Crippen LogP contribution in [0.3, 0.4) is 0 Å². The number of thioether (sulfide) groups is 1. The van der Waals surface area contributed by atoms with Crippen LogP contribution in [0.15, 0.2) is 35.4 Å². The number of hydrogen-bond acceptors (Lipinski definition) is 3. The Labute approximate surface area is 122 Å². The molecule has 96 valence electrons. The first kappa shape index (κ1) is 13.9. The third-order valence-electron chi connectivity index (χ3n) is 2.75. The molecule has 0 fully saturated rings. The molecule has 2 rings (SSSR count). The van der Waals surface area contributed by atoms with Crippen LogP contribution < -0.4 is 0 Å². The first-order valence-corrected chi connectivity index (χ1v) is 7.22. The van der Waals surface area contributed by atoms with Gasteiger partial charge in [0.05, 0.1) is 5.56 Å². The summed E-state index contributed by atoms with van der Waals surface area (Å²) in [5, 5.41) is 10.7. The number of aromatic nitrogens is 1. The van der Waals surface area contributed by atoms with E-state index in [9.17, 15) is 5.26 Å². The first-order valence-electron chi connectivity index (χ1n) is 5.86. The van der Waals surface area contributed by atoms with Crippen LogP contribution in [0.25, 0.3) is 0 Å². The standard InChI is InChI=1S/C15H13ClN2S/c1-10-7-11(2)18-15(13(10)8-17)19-9-12-5-3-4-6-14(12)16/h3-7H,9H2,1-2H3. The second kappa shape index (κ2) is 6.10. The average Bonchev–Trinajstić information content (AvgIpc) is 2.37. The van der Waals surface area contributed by atoms with Crippen molar-refractivity contribution in [1.82, 2.24) is 4.98 Å². The van der Waals surface area contributed by atoms with Crippen LogP contribution >= 0.6 is 23.4 Å². The number of halogens is 1. The second-order valence-corrected chi connectivity index (χ2v) is 5.62. The summed E-state index contributed by atoms with van der Waals surface area (Å²) >= 11 is 7.68. The maximum atomic E-state index is 9.21. The molecule has 4 heteroatoms. The summed E-state index contributed by atoms with van der Waals surface area (Å²) in [6.07, 6.45) is 0. The highest BCUT2D eigenvalue weighted by molar-refractivity contribution is 7.98. The largest absolute Gasteiger partial charge is 0.245 e. The molecule has 0 aliphatic rings. The summed E-state index contributed by atoms with van der Waals surface area (Å²) in [7, 11) is 0. The van der Waals surface area contributed by atoms with E-state index in [-0.39, 0.29) is 0 Å². The molecule has 0 unspecified atom stereocenters. The molecule has 1 aromatic carbocycles. The lowest BCUT2D eigenvalue weighted by atomic mass is 10.1. The van der Waals surface area contributed by atoms with Crippen molar-refractivity contribution in [2.75, 3.05) is 0 Å². The lowest BCUT2D eigenvalue weighted by Crippen LogP contribution is -1.95. The Morgan fingerprint density at radius 3 is 2.74 bits per heavy atom. The third-order valence-corrected chi connectivity index (χ3v) is 4.14. The van der Waals surface area contributed by atoms with E-state index >= 15 is 0 Å². The predicted octanol–water partition coefficient (Wildman–Crippen LogP) is 4.52. The van der Waals surface area contributed by atoms with Gasteiger partial charge in [-0.25, -0.2) is 4.98 Å². The van der Waals surface area contributed by atoms with E-state index in [1.165, 1.54) is 0 Å². The van der Waals surface area contributed by atoms with Gasteiger partial charge >= 0.3 is 0 Å². The highest BCUT2D eigenvalue weighted by Gasteiger charge is 2.10. The highest BCUT2D eigenvalue weighted by Crippen LogP contribution is 2.29. The Kier molecular flexibility index (Phi) is 4.47. The topological polar surface area (TPSA) is 36.7 Å². The van der Waals surface area contributed by atoms with Crippen LogP contribution in [0.1, 0.15) is 22.4 Å². The minimum atomic E-state index is 0.655. The molecule has 0 saturated carbocycles. The van der Waals surface area contributed by atoms with E-state index in [4.69, 9.17) is 11.6 Å². The van der Waals surface area contributed by atoms with E-state index in [1.54, 1.807) is 11.8 Å². The molecule has 0 atom stereocenters. The van der Waals surface area contributed by atoms with Crippen molar-refractivity contribution in [3.8, 4) is 6.07 Å². The quantitative estimate of drug-likeness (QED) is 0.779. The molecule has 1 aromatic heterocycles. The first-order chi connectivity index (χ1) is 9.11. The number of nitrogens with zero attached hydrogens (tertiary/aromatic N) is 2.